The smallest absolute Gasteiger partial charge is 0.270 e. The number of hydrogen-bond acceptors (Lipinski definition) is 4. The summed E-state index contributed by atoms with van der Waals surface area (Å²) in [7, 11) is -3.82. The number of hydrogen-bond donors (Lipinski definition) is 1. The first-order chi connectivity index (χ1) is 13.5. The molecular weight excluding hydrogens is 437 g/mol. The van der Waals surface area contributed by atoms with Crippen molar-refractivity contribution in [2.45, 2.75) is 25.7 Å². The third-order valence-electron chi connectivity index (χ3n) is 5.04. The van der Waals surface area contributed by atoms with E-state index in [9.17, 15) is 18.0 Å². The average molecular weight is 458 g/mol. The highest BCUT2D eigenvalue weighted by atomic mass is 35.5. The molecule has 0 saturated carbocycles. The summed E-state index contributed by atoms with van der Waals surface area (Å²) in [5.41, 5.74) is 2.14. The molecule has 0 unspecified atom stereocenters. The lowest BCUT2D eigenvalue weighted by molar-refractivity contribution is 0.0691. The molecule has 1 saturated heterocycles. The second kappa shape index (κ2) is 8.10. The monoisotopic (exact) mass is 457 g/mol. The SMILES string of the molecule is CC(=O)c1c(C)[nH]c(C(=O)N2CCN(S(=O)(=O)c3cc(Cl)ccc3Cl)CC2)c1C. The summed E-state index contributed by atoms with van der Waals surface area (Å²) in [5, 5.41) is 0.378. The number of aromatic nitrogens is 1. The summed E-state index contributed by atoms with van der Waals surface area (Å²) in [6.45, 7) is 5.66. The van der Waals surface area contributed by atoms with Crippen molar-refractivity contribution in [1.82, 2.24) is 14.2 Å². The fraction of sp³-hybridized carbons (Fsp3) is 0.368. The topological polar surface area (TPSA) is 90.6 Å². The summed E-state index contributed by atoms with van der Waals surface area (Å²) in [4.78, 5) is 29.2. The van der Waals surface area contributed by atoms with Crippen molar-refractivity contribution < 1.29 is 18.0 Å². The third-order valence-corrected chi connectivity index (χ3v) is 7.66. The molecule has 1 N–H and O–H groups in total. The van der Waals surface area contributed by atoms with Crippen LogP contribution < -0.4 is 0 Å². The van der Waals surface area contributed by atoms with Crippen LogP contribution in [0.4, 0.5) is 0 Å². The van der Waals surface area contributed by atoms with Gasteiger partial charge in [-0.05, 0) is 44.5 Å². The van der Waals surface area contributed by atoms with Gasteiger partial charge in [-0.3, -0.25) is 9.59 Å². The van der Waals surface area contributed by atoms with Crippen LogP contribution in [0.3, 0.4) is 0 Å². The number of rotatable bonds is 4. The van der Waals surface area contributed by atoms with Gasteiger partial charge in [-0.15, -0.1) is 0 Å². The molecule has 1 aromatic heterocycles. The Bertz CT molecular complexity index is 1090. The number of ketones is 1. The van der Waals surface area contributed by atoms with E-state index in [4.69, 9.17) is 23.2 Å². The zero-order valence-corrected chi connectivity index (χ0v) is 18.6. The van der Waals surface area contributed by atoms with E-state index in [1.165, 1.54) is 29.4 Å². The normalized spacial score (nSPS) is 15.6. The summed E-state index contributed by atoms with van der Waals surface area (Å²) in [6.07, 6.45) is 0. The quantitative estimate of drug-likeness (QED) is 0.712. The molecule has 3 rings (SSSR count). The number of nitrogens with zero attached hydrogens (tertiary/aromatic N) is 2. The van der Waals surface area contributed by atoms with Crippen molar-refractivity contribution in [1.29, 1.82) is 0 Å². The molecule has 0 spiro atoms. The van der Waals surface area contributed by atoms with Crippen molar-refractivity contribution in [3.05, 3.63) is 50.8 Å². The van der Waals surface area contributed by atoms with Crippen molar-refractivity contribution in [3.8, 4) is 0 Å². The lowest BCUT2D eigenvalue weighted by Gasteiger charge is -2.34. The summed E-state index contributed by atoms with van der Waals surface area (Å²) in [5.74, 6) is -0.361. The van der Waals surface area contributed by atoms with E-state index in [-0.39, 0.29) is 52.8 Å². The third kappa shape index (κ3) is 4.07. The number of aromatic amines is 1. The summed E-state index contributed by atoms with van der Waals surface area (Å²) >= 11 is 12.0. The number of aryl methyl sites for hydroxylation is 1. The van der Waals surface area contributed by atoms with Gasteiger partial charge in [0.2, 0.25) is 10.0 Å². The Hall–Kier alpha value is -1.87. The molecule has 0 aliphatic carbocycles. The minimum Gasteiger partial charge on any atom is -0.354 e. The van der Waals surface area contributed by atoms with E-state index >= 15 is 0 Å². The van der Waals surface area contributed by atoms with Crippen LogP contribution in [0.2, 0.25) is 10.0 Å². The molecule has 1 fully saturated rings. The summed E-state index contributed by atoms with van der Waals surface area (Å²) in [6, 6.07) is 4.29. The van der Waals surface area contributed by atoms with E-state index in [2.05, 4.69) is 4.98 Å². The Balaban J connectivity index is 1.77. The number of sulfonamides is 1. The molecule has 0 atom stereocenters. The maximum absolute atomic E-state index is 12.9. The van der Waals surface area contributed by atoms with Crippen molar-refractivity contribution >= 4 is 44.9 Å². The first-order valence-corrected chi connectivity index (χ1v) is 11.2. The predicted molar refractivity (Wildman–Crippen MR) is 111 cm³/mol. The fourth-order valence-electron chi connectivity index (χ4n) is 3.60. The van der Waals surface area contributed by atoms with Gasteiger partial charge in [0.25, 0.3) is 5.91 Å². The van der Waals surface area contributed by atoms with Gasteiger partial charge in [0.1, 0.15) is 10.6 Å². The molecule has 10 heteroatoms. The van der Waals surface area contributed by atoms with E-state index in [0.29, 0.717) is 22.5 Å². The lowest BCUT2D eigenvalue weighted by Crippen LogP contribution is -2.50. The largest absolute Gasteiger partial charge is 0.354 e. The van der Waals surface area contributed by atoms with Crippen molar-refractivity contribution in [2.75, 3.05) is 26.2 Å². The number of piperazine rings is 1. The Kier molecular flexibility index (Phi) is 6.10. The first-order valence-electron chi connectivity index (χ1n) is 8.98. The van der Waals surface area contributed by atoms with Crippen LogP contribution in [-0.4, -0.2) is 60.5 Å². The van der Waals surface area contributed by atoms with Gasteiger partial charge in [-0.25, -0.2) is 8.42 Å². The molecule has 1 amide bonds. The van der Waals surface area contributed by atoms with Crippen LogP contribution in [0, 0.1) is 13.8 Å². The Labute approximate surface area is 179 Å². The van der Waals surface area contributed by atoms with Crippen LogP contribution in [0.25, 0.3) is 0 Å². The van der Waals surface area contributed by atoms with Gasteiger partial charge in [0.05, 0.1) is 5.02 Å². The van der Waals surface area contributed by atoms with Crippen molar-refractivity contribution in [3.63, 3.8) is 0 Å². The number of H-pyrrole nitrogens is 1. The zero-order valence-electron chi connectivity index (χ0n) is 16.3. The number of carbonyl (C=O) groups is 2. The van der Waals surface area contributed by atoms with Crippen molar-refractivity contribution in [2.24, 2.45) is 0 Å². The van der Waals surface area contributed by atoms with Crippen LogP contribution in [0.1, 0.15) is 39.0 Å². The maximum Gasteiger partial charge on any atom is 0.270 e. The summed E-state index contributed by atoms with van der Waals surface area (Å²) < 4.78 is 27.1. The number of amides is 1. The van der Waals surface area contributed by atoms with Crippen LogP contribution in [0.5, 0.6) is 0 Å². The molecule has 1 aliphatic rings. The predicted octanol–water partition coefficient (Wildman–Crippen LogP) is 3.29. The molecule has 2 heterocycles. The Morgan fingerprint density at radius 3 is 2.24 bits per heavy atom. The maximum atomic E-state index is 12.9. The Morgan fingerprint density at radius 2 is 1.69 bits per heavy atom. The minimum atomic E-state index is -3.82. The second-order valence-electron chi connectivity index (χ2n) is 6.95. The van der Waals surface area contributed by atoms with Crippen LogP contribution in [-0.2, 0) is 10.0 Å². The van der Waals surface area contributed by atoms with E-state index in [1.807, 2.05) is 0 Å². The van der Waals surface area contributed by atoms with Gasteiger partial charge >= 0.3 is 0 Å². The van der Waals surface area contributed by atoms with E-state index in [0.717, 1.165) is 0 Å². The van der Waals surface area contributed by atoms with Crippen LogP contribution in [0.15, 0.2) is 23.1 Å². The minimum absolute atomic E-state index is 0.0478. The number of nitrogens with one attached hydrogen (secondary N) is 1. The Morgan fingerprint density at radius 1 is 1.07 bits per heavy atom. The molecule has 29 heavy (non-hydrogen) atoms. The van der Waals surface area contributed by atoms with Gasteiger partial charge < -0.3 is 9.88 Å². The standard InChI is InChI=1S/C19H21Cl2N3O4S/c1-11-17(13(3)25)12(2)22-18(11)19(26)23-6-8-24(9-7-23)29(27,28)16-10-14(20)4-5-15(16)21/h4-5,10,22H,6-9H2,1-3H3. The molecule has 156 valence electrons. The number of carbonyl (C=O) groups excluding carboxylic acids is 2. The first kappa shape index (κ1) is 21.8. The number of benzene rings is 1. The van der Waals surface area contributed by atoms with Crippen LogP contribution >= 0.6 is 23.2 Å². The van der Waals surface area contributed by atoms with Gasteiger partial charge in [0, 0.05) is 42.5 Å². The number of halogens is 2. The average Bonchev–Trinajstić information content (AvgIpc) is 2.97. The van der Waals surface area contributed by atoms with E-state index < -0.39 is 10.0 Å². The molecule has 0 bridgehead atoms. The zero-order chi connectivity index (χ0) is 21.5. The highest BCUT2D eigenvalue weighted by molar-refractivity contribution is 7.89. The molecule has 1 aliphatic heterocycles. The second-order valence-corrected chi connectivity index (χ2v) is 9.70. The van der Waals surface area contributed by atoms with Gasteiger partial charge in [-0.1, -0.05) is 23.2 Å². The number of Topliss-reactive ketones (excluding diaryl/α,β-unsaturated/α-hetero) is 1. The molecule has 7 nitrogen and oxygen atoms in total. The molecular formula is C19H21Cl2N3O4S. The van der Waals surface area contributed by atoms with Gasteiger partial charge in [0.15, 0.2) is 5.78 Å². The molecule has 0 radical (unpaired) electrons. The molecule has 2 aromatic rings. The highest BCUT2D eigenvalue weighted by Crippen LogP contribution is 2.28. The highest BCUT2D eigenvalue weighted by Gasteiger charge is 2.33. The lowest BCUT2D eigenvalue weighted by atomic mass is 10.1. The van der Waals surface area contributed by atoms with E-state index in [1.54, 1.807) is 18.7 Å². The molecule has 1 aromatic carbocycles. The fourth-order valence-corrected chi connectivity index (χ4v) is 5.75. The van der Waals surface area contributed by atoms with Gasteiger partial charge in [-0.2, -0.15) is 4.31 Å².